The standard InChI is InChI=1S/C9H18N2O.C7H8/c1-11-8(12)7-10-9(11)5-3-2-4-6-9;1-7-5-3-2-4-6-7/h8,10,12H,2-7H2,1H3;2-6H,1H3. The third-order valence-electron chi connectivity index (χ3n) is 4.36. The normalized spacial score (nSPS) is 25.9. The molecule has 1 aliphatic carbocycles. The van der Waals surface area contributed by atoms with Crippen LogP contribution in [0.4, 0.5) is 0 Å². The highest BCUT2D eigenvalue weighted by atomic mass is 16.3. The Morgan fingerprint density at radius 2 is 1.79 bits per heavy atom. The van der Waals surface area contributed by atoms with Gasteiger partial charge in [-0.1, -0.05) is 55.2 Å². The van der Waals surface area contributed by atoms with Crippen LogP contribution < -0.4 is 5.32 Å². The van der Waals surface area contributed by atoms with Gasteiger partial charge in [-0.2, -0.15) is 0 Å². The number of aliphatic hydroxyl groups is 1. The first-order valence-electron chi connectivity index (χ1n) is 7.32. The van der Waals surface area contributed by atoms with Gasteiger partial charge in [0.25, 0.3) is 0 Å². The van der Waals surface area contributed by atoms with Crippen LogP contribution in [0.5, 0.6) is 0 Å². The summed E-state index contributed by atoms with van der Waals surface area (Å²) in [5.74, 6) is 0. The van der Waals surface area contributed by atoms with Crippen LogP contribution in [0.15, 0.2) is 30.3 Å². The molecule has 1 unspecified atom stereocenters. The zero-order valence-corrected chi connectivity index (χ0v) is 12.1. The zero-order valence-electron chi connectivity index (χ0n) is 12.1. The summed E-state index contributed by atoms with van der Waals surface area (Å²) in [6.07, 6.45) is 6.06. The molecule has 3 rings (SSSR count). The predicted molar refractivity (Wildman–Crippen MR) is 78.8 cm³/mol. The number of aryl methyl sites for hydroxylation is 1. The van der Waals surface area contributed by atoms with E-state index in [1.54, 1.807) is 0 Å². The Balaban J connectivity index is 0.000000163. The van der Waals surface area contributed by atoms with E-state index in [9.17, 15) is 5.11 Å². The molecule has 2 fully saturated rings. The number of rotatable bonds is 0. The van der Waals surface area contributed by atoms with Gasteiger partial charge in [-0.15, -0.1) is 0 Å². The van der Waals surface area contributed by atoms with Crippen molar-refractivity contribution in [3.8, 4) is 0 Å². The SMILES string of the molecule is CN1C(O)CNC12CCCCC2.Cc1ccccc1. The van der Waals surface area contributed by atoms with E-state index in [0.717, 1.165) is 6.54 Å². The Kier molecular flexibility index (Phi) is 4.97. The molecule has 2 aliphatic rings. The molecule has 2 N–H and O–H groups in total. The predicted octanol–water partition coefficient (Wildman–Crippen LogP) is 2.50. The first kappa shape index (κ1) is 14.5. The highest BCUT2D eigenvalue weighted by molar-refractivity contribution is 5.11. The minimum absolute atomic E-state index is 0.137. The molecule has 1 spiro atoms. The number of benzene rings is 1. The van der Waals surface area contributed by atoms with E-state index < -0.39 is 0 Å². The summed E-state index contributed by atoms with van der Waals surface area (Å²) in [5.41, 5.74) is 1.46. The van der Waals surface area contributed by atoms with Gasteiger partial charge in [0.2, 0.25) is 0 Å². The molecule has 0 radical (unpaired) electrons. The fourth-order valence-electron chi connectivity index (χ4n) is 3.03. The lowest BCUT2D eigenvalue weighted by Gasteiger charge is -2.40. The molecule has 1 saturated heterocycles. The first-order chi connectivity index (χ1) is 9.14. The van der Waals surface area contributed by atoms with Crippen LogP contribution in [-0.2, 0) is 0 Å². The van der Waals surface area contributed by atoms with Crippen LogP contribution in [0.1, 0.15) is 37.7 Å². The van der Waals surface area contributed by atoms with Crippen molar-refractivity contribution in [1.29, 1.82) is 0 Å². The van der Waals surface area contributed by atoms with Crippen molar-refractivity contribution in [2.24, 2.45) is 0 Å². The van der Waals surface area contributed by atoms with Crippen molar-refractivity contribution in [2.45, 2.75) is 50.9 Å². The molecule has 1 saturated carbocycles. The molecule has 1 heterocycles. The van der Waals surface area contributed by atoms with Gasteiger partial charge in [-0.25, -0.2) is 0 Å². The molecule has 3 heteroatoms. The van der Waals surface area contributed by atoms with Gasteiger partial charge < -0.3 is 5.11 Å². The van der Waals surface area contributed by atoms with Crippen molar-refractivity contribution in [3.05, 3.63) is 35.9 Å². The summed E-state index contributed by atoms with van der Waals surface area (Å²) in [5, 5.41) is 13.0. The van der Waals surface area contributed by atoms with Crippen LogP contribution in [-0.4, -0.2) is 35.5 Å². The van der Waals surface area contributed by atoms with Crippen LogP contribution in [0.25, 0.3) is 0 Å². The summed E-state index contributed by atoms with van der Waals surface area (Å²) in [4.78, 5) is 2.10. The second-order valence-corrected chi connectivity index (χ2v) is 5.72. The molecule has 0 bridgehead atoms. The molecule has 0 amide bonds. The number of aliphatic hydroxyl groups excluding tert-OH is 1. The second-order valence-electron chi connectivity index (χ2n) is 5.72. The van der Waals surface area contributed by atoms with Crippen LogP contribution >= 0.6 is 0 Å². The first-order valence-corrected chi connectivity index (χ1v) is 7.32. The van der Waals surface area contributed by atoms with Crippen molar-refractivity contribution < 1.29 is 5.11 Å². The Morgan fingerprint density at radius 3 is 2.21 bits per heavy atom. The Morgan fingerprint density at radius 1 is 1.16 bits per heavy atom. The molecule has 1 aliphatic heterocycles. The fraction of sp³-hybridized carbons (Fsp3) is 0.625. The van der Waals surface area contributed by atoms with Gasteiger partial charge in [-0.05, 0) is 26.8 Å². The molecule has 106 valence electrons. The molecule has 1 aromatic carbocycles. The van der Waals surface area contributed by atoms with Crippen molar-refractivity contribution >= 4 is 0 Å². The Hall–Kier alpha value is -0.900. The lowest BCUT2D eigenvalue weighted by Crippen LogP contribution is -2.52. The summed E-state index contributed by atoms with van der Waals surface area (Å²) in [6.45, 7) is 2.82. The summed E-state index contributed by atoms with van der Waals surface area (Å²) >= 11 is 0. The largest absolute Gasteiger partial charge is 0.377 e. The average Bonchev–Trinajstić information content (AvgIpc) is 2.71. The van der Waals surface area contributed by atoms with Gasteiger partial charge >= 0.3 is 0 Å². The Labute approximate surface area is 116 Å². The average molecular weight is 262 g/mol. The van der Waals surface area contributed by atoms with Crippen LogP contribution in [0, 0.1) is 6.92 Å². The summed E-state index contributed by atoms with van der Waals surface area (Å²) in [7, 11) is 2.02. The monoisotopic (exact) mass is 262 g/mol. The highest BCUT2D eigenvalue weighted by Crippen LogP contribution is 2.34. The van der Waals surface area contributed by atoms with E-state index in [1.807, 2.05) is 25.2 Å². The topological polar surface area (TPSA) is 35.5 Å². The van der Waals surface area contributed by atoms with Gasteiger partial charge in [0, 0.05) is 6.54 Å². The second kappa shape index (κ2) is 6.51. The molecule has 3 nitrogen and oxygen atoms in total. The van der Waals surface area contributed by atoms with Crippen molar-refractivity contribution in [1.82, 2.24) is 10.2 Å². The summed E-state index contributed by atoms with van der Waals surface area (Å²) in [6, 6.07) is 10.3. The van der Waals surface area contributed by atoms with Gasteiger partial charge in [0.15, 0.2) is 0 Å². The lowest BCUT2D eigenvalue weighted by atomic mass is 9.89. The number of hydrogen-bond donors (Lipinski definition) is 2. The summed E-state index contributed by atoms with van der Waals surface area (Å²) < 4.78 is 0. The third kappa shape index (κ3) is 3.56. The third-order valence-corrected chi connectivity index (χ3v) is 4.36. The quantitative estimate of drug-likeness (QED) is 0.754. The van der Waals surface area contributed by atoms with E-state index in [4.69, 9.17) is 0 Å². The van der Waals surface area contributed by atoms with Gasteiger partial charge in [-0.3, -0.25) is 10.2 Å². The minimum atomic E-state index is -0.275. The van der Waals surface area contributed by atoms with Crippen LogP contribution in [0.2, 0.25) is 0 Å². The van der Waals surface area contributed by atoms with E-state index in [0.29, 0.717) is 0 Å². The van der Waals surface area contributed by atoms with Gasteiger partial charge in [0.1, 0.15) is 6.23 Å². The molecular formula is C16H26N2O. The lowest BCUT2D eigenvalue weighted by molar-refractivity contribution is -0.0133. The molecule has 1 atom stereocenters. The van der Waals surface area contributed by atoms with Gasteiger partial charge in [0.05, 0.1) is 5.66 Å². The van der Waals surface area contributed by atoms with E-state index in [1.165, 1.54) is 37.7 Å². The number of nitrogens with zero attached hydrogens (tertiary/aromatic N) is 1. The zero-order chi connectivity index (χ0) is 13.7. The number of hydrogen-bond acceptors (Lipinski definition) is 3. The number of nitrogens with one attached hydrogen (secondary N) is 1. The fourth-order valence-corrected chi connectivity index (χ4v) is 3.03. The molecule has 0 aromatic heterocycles. The van der Waals surface area contributed by atoms with E-state index >= 15 is 0 Å². The maximum atomic E-state index is 9.58. The number of β-amino-alcohol motifs (C(OH)–C–C–N with tert-alkyl or cyclic N) is 1. The highest BCUT2D eigenvalue weighted by Gasteiger charge is 2.43. The van der Waals surface area contributed by atoms with E-state index in [-0.39, 0.29) is 11.9 Å². The maximum Gasteiger partial charge on any atom is 0.121 e. The molecule has 19 heavy (non-hydrogen) atoms. The smallest absolute Gasteiger partial charge is 0.121 e. The van der Waals surface area contributed by atoms with Crippen molar-refractivity contribution in [2.75, 3.05) is 13.6 Å². The minimum Gasteiger partial charge on any atom is -0.377 e. The number of likely N-dealkylation sites (N-methyl/N-ethyl adjacent to an activating group) is 1. The molecule has 1 aromatic rings. The van der Waals surface area contributed by atoms with E-state index in [2.05, 4.69) is 29.3 Å². The van der Waals surface area contributed by atoms with Crippen LogP contribution in [0.3, 0.4) is 0 Å². The Bertz CT molecular complexity index is 368. The molecular weight excluding hydrogens is 236 g/mol. The van der Waals surface area contributed by atoms with Crippen molar-refractivity contribution in [3.63, 3.8) is 0 Å². The maximum absolute atomic E-state index is 9.58.